The molecule has 5 atom stereocenters. The maximum Gasteiger partial charge on any atom is -0.00853 e. The lowest BCUT2D eigenvalue weighted by Crippen LogP contribution is -2.45. The summed E-state index contributed by atoms with van der Waals surface area (Å²) in [5.74, 6) is 3.03. The first kappa shape index (κ1) is 12.5. The lowest BCUT2D eigenvalue weighted by Gasteiger charge is -2.55. The molecular weight excluding hydrogens is 228 g/mol. The second kappa shape index (κ2) is 4.12. The minimum atomic E-state index is 0.602. The van der Waals surface area contributed by atoms with Crippen LogP contribution in [-0.4, -0.2) is 0 Å². The van der Waals surface area contributed by atoms with E-state index in [1.807, 2.05) is 5.57 Å². The van der Waals surface area contributed by atoms with Crippen molar-refractivity contribution in [1.82, 2.24) is 0 Å². The summed E-state index contributed by atoms with van der Waals surface area (Å²) in [6.45, 7) is 5.22. The quantitative estimate of drug-likeness (QED) is 0.487. The van der Waals surface area contributed by atoms with Crippen molar-refractivity contribution in [3.8, 4) is 0 Å². The van der Waals surface area contributed by atoms with Gasteiger partial charge in [0.15, 0.2) is 0 Å². The smallest absolute Gasteiger partial charge is 0.00853 e. The van der Waals surface area contributed by atoms with Crippen LogP contribution in [0, 0.1) is 28.6 Å². The van der Waals surface area contributed by atoms with Gasteiger partial charge in [-0.3, -0.25) is 0 Å². The van der Waals surface area contributed by atoms with Gasteiger partial charge in [-0.25, -0.2) is 0 Å². The molecule has 0 heteroatoms. The van der Waals surface area contributed by atoms with Gasteiger partial charge in [-0.1, -0.05) is 44.8 Å². The monoisotopic (exact) mass is 258 g/mol. The zero-order valence-corrected chi connectivity index (χ0v) is 12.9. The molecular formula is C19H30. The van der Waals surface area contributed by atoms with E-state index < -0.39 is 0 Å². The molecule has 1 unspecified atom stereocenters. The van der Waals surface area contributed by atoms with Crippen LogP contribution >= 0.6 is 0 Å². The highest BCUT2D eigenvalue weighted by Gasteiger charge is 2.53. The highest BCUT2D eigenvalue weighted by atomic mass is 14.6. The molecule has 0 aromatic heterocycles. The van der Waals surface area contributed by atoms with Crippen LogP contribution in [0.5, 0.6) is 0 Å². The number of allylic oxidation sites excluding steroid dienone is 2. The van der Waals surface area contributed by atoms with E-state index in [2.05, 4.69) is 19.9 Å². The first-order valence-corrected chi connectivity index (χ1v) is 8.84. The van der Waals surface area contributed by atoms with Crippen molar-refractivity contribution in [3.05, 3.63) is 11.6 Å². The molecule has 0 aromatic rings. The van der Waals surface area contributed by atoms with Gasteiger partial charge in [-0.2, -0.15) is 0 Å². The van der Waals surface area contributed by atoms with Gasteiger partial charge in [-0.05, 0) is 73.5 Å². The van der Waals surface area contributed by atoms with Gasteiger partial charge < -0.3 is 0 Å². The third-order valence-electron chi connectivity index (χ3n) is 7.72. The molecule has 4 aliphatic rings. The maximum atomic E-state index is 2.74. The van der Waals surface area contributed by atoms with Crippen molar-refractivity contribution in [2.75, 3.05) is 0 Å². The molecule has 0 spiro atoms. The van der Waals surface area contributed by atoms with Gasteiger partial charge in [0, 0.05) is 0 Å². The minimum Gasteiger partial charge on any atom is -0.0839 e. The highest BCUT2D eigenvalue weighted by Crippen LogP contribution is 2.63. The Labute approximate surface area is 119 Å². The highest BCUT2D eigenvalue weighted by molar-refractivity contribution is 5.28. The SMILES string of the molecule is C[C@]12CC=C3[C@@H](CCC4CCCC[C@]34C)[C@@H]1CCC2. The van der Waals surface area contributed by atoms with Crippen LogP contribution in [0.1, 0.15) is 78.1 Å². The van der Waals surface area contributed by atoms with E-state index in [1.165, 1.54) is 64.2 Å². The Morgan fingerprint density at radius 1 is 0.947 bits per heavy atom. The maximum absolute atomic E-state index is 2.74. The fraction of sp³-hybridized carbons (Fsp3) is 0.895. The predicted octanol–water partition coefficient (Wildman–Crippen LogP) is 5.73. The summed E-state index contributed by atoms with van der Waals surface area (Å²) in [6, 6.07) is 0. The molecule has 0 aliphatic heterocycles. The van der Waals surface area contributed by atoms with Crippen molar-refractivity contribution >= 4 is 0 Å². The second-order valence-corrected chi connectivity index (χ2v) is 8.56. The molecule has 0 bridgehead atoms. The number of fused-ring (bicyclic) bond motifs is 5. The van der Waals surface area contributed by atoms with Gasteiger partial charge in [0.2, 0.25) is 0 Å². The number of rotatable bonds is 0. The topological polar surface area (TPSA) is 0 Å². The molecule has 0 nitrogen and oxygen atoms in total. The van der Waals surface area contributed by atoms with Crippen LogP contribution in [0.4, 0.5) is 0 Å². The molecule has 0 aromatic carbocycles. The standard InChI is InChI=1S/C19H30/c1-18-11-5-7-16(18)15-9-8-14-6-3-4-12-19(14,2)17(15)10-13-18/h10,14-16H,3-9,11-13H2,1-2H3/t14?,15-,16-,18-,19-/m0/s1. The van der Waals surface area contributed by atoms with E-state index >= 15 is 0 Å². The average molecular weight is 258 g/mol. The van der Waals surface area contributed by atoms with Gasteiger partial charge in [0.05, 0.1) is 0 Å². The molecule has 3 fully saturated rings. The van der Waals surface area contributed by atoms with Crippen LogP contribution in [-0.2, 0) is 0 Å². The van der Waals surface area contributed by atoms with Gasteiger partial charge in [-0.15, -0.1) is 0 Å². The Balaban J connectivity index is 1.72. The lowest BCUT2D eigenvalue weighted by atomic mass is 9.49. The van der Waals surface area contributed by atoms with Crippen molar-refractivity contribution in [1.29, 1.82) is 0 Å². The van der Waals surface area contributed by atoms with Crippen molar-refractivity contribution in [2.24, 2.45) is 28.6 Å². The summed E-state index contributed by atoms with van der Waals surface area (Å²) in [5, 5.41) is 0. The third-order valence-corrected chi connectivity index (χ3v) is 7.72. The van der Waals surface area contributed by atoms with Crippen molar-refractivity contribution in [2.45, 2.75) is 78.1 Å². The van der Waals surface area contributed by atoms with E-state index in [1.54, 1.807) is 0 Å². The zero-order valence-electron chi connectivity index (χ0n) is 12.9. The fourth-order valence-corrected chi connectivity index (χ4v) is 6.55. The summed E-state index contributed by atoms with van der Waals surface area (Å²) < 4.78 is 0. The summed E-state index contributed by atoms with van der Waals surface area (Å²) in [4.78, 5) is 0. The molecule has 0 amide bonds. The molecule has 0 radical (unpaired) electrons. The lowest BCUT2D eigenvalue weighted by molar-refractivity contribution is 0.0439. The summed E-state index contributed by atoms with van der Waals surface area (Å²) in [6.07, 6.45) is 17.7. The van der Waals surface area contributed by atoms with E-state index in [-0.39, 0.29) is 0 Å². The first-order valence-electron chi connectivity index (χ1n) is 8.84. The molecule has 106 valence electrons. The van der Waals surface area contributed by atoms with Crippen molar-refractivity contribution < 1.29 is 0 Å². The van der Waals surface area contributed by atoms with Crippen LogP contribution < -0.4 is 0 Å². The summed E-state index contributed by atoms with van der Waals surface area (Å²) in [7, 11) is 0. The van der Waals surface area contributed by atoms with Crippen LogP contribution in [0.25, 0.3) is 0 Å². The van der Waals surface area contributed by atoms with Gasteiger partial charge in [0.1, 0.15) is 0 Å². The molecule has 19 heavy (non-hydrogen) atoms. The molecule has 3 saturated carbocycles. The third kappa shape index (κ3) is 1.64. The van der Waals surface area contributed by atoms with E-state index in [0.717, 1.165) is 17.8 Å². The predicted molar refractivity (Wildman–Crippen MR) is 80.9 cm³/mol. The Kier molecular flexibility index (Phi) is 2.71. The van der Waals surface area contributed by atoms with E-state index in [9.17, 15) is 0 Å². The first-order chi connectivity index (χ1) is 9.13. The normalized spacial score (nSPS) is 52.9. The molecule has 4 rings (SSSR count). The van der Waals surface area contributed by atoms with Crippen molar-refractivity contribution in [3.63, 3.8) is 0 Å². The fourth-order valence-electron chi connectivity index (χ4n) is 6.55. The second-order valence-electron chi connectivity index (χ2n) is 8.56. The van der Waals surface area contributed by atoms with Crippen LogP contribution in [0.15, 0.2) is 11.6 Å². The molecule has 0 saturated heterocycles. The minimum absolute atomic E-state index is 0.602. The Hall–Kier alpha value is -0.260. The van der Waals surface area contributed by atoms with Crippen LogP contribution in [0.2, 0.25) is 0 Å². The molecule has 0 N–H and O–H groups in total. The average Bonchev–Trinajstić information content (AvgIpc) is 2.79. The molecule has 0 heterocycles. The Morgan fingerprint density at radius 2 is 1.84 bits per heavy atom. The summed E-state index contributed by atoms with van der Waals surface area (Å²) >= 11 is 0. The Morgan fingerprint density at radius 3 is 2.74 bits per heavy atom. The van der Waals surface area contributed by atoms with Gasteiger partial charge >= 0.3 is 0 Å². The van der Waals surface area contributed by atoms with Gasteiger partial charge in [0.25, 0.3) is 0 Å². The largest absolute Gasteiger partial charge is 0.0839 e. The van der Waals surface area contributed by atoms with E-state index in [4.69, 9.17) is 0 Å². The Bertz CT molecular complexity index is 406. The van der Waals surface area contributed by atoms with E-state index in [0.29, 0.717) is 10.8 Å². The zero-order chi connectivity index (χ0) is 13.1. The molecule has 4 aliphatic carbocycles. The van der Waals surface area contributed by atoms with Crippen LogP contribution in [0.3, 0.4) is 0 Å². The summed E-state index contributed by atoms with van der Waals surface area (Å²) in [5.41, 5.74) is 3.21. The number of hydrogen-bond acceptors (Lipinski definition) is 0. The number of hydrogen-bond donors (Lipinski definition) is 0.